The highest BCUT2D eigenvalue weighted by atomic mass is 16.2. The van der Waals surface area contributed by atoms with Gasteiger partial charge in [0, 0.05) is 18.3 Å². The van der Waals surface area contributed by atoms with Gasteiger partial charge in [-0.25, -0.2) is 4.79 Å². The Bertz CT molecular complexity index is 608. The van der Waals surface area contributed by atoms with E-state index in [0.717, 1.165) is 0 Å². The van der Waals surface area contributed by atoms with Gasteiger partial charge in [0.1, 0.15) is 6.04 Å². The van der Waals surface area contributed by atoms with Gasteiger partial charge in [0.15, 0.2) is 0 Å². The number of hydrogen-bond donors (Lipinski definition) is 4. The molecule has 0 fully saturated rings. The van der Waals surface area contributed by atoms with Crippen LogP contribution in [0.4, 0.5) is 10.5 Å². The summed E-state index contributed by atoms with van der Waals surface area (Å²) in [5.41, 5.74) is 0.852. The van der Waals surface area contributed by atoms with Crippen molar-refractivity contribution in [2.75, 3.05) is 12.4 Å². The summed E-state index contributed by atoms with van der Waals surface area (Å²) in [4.78, 5) is 35.6. The highest BCUT2D eigenvalue weighted by Crippen LogP contribution is 2.15. The number of benzene rings is 1. The summed E-state index contributed by atoms with van der Waals surface area (Å²) in [5, 5.41) is 10.6. The maximum absolute atomic E-state index is 12.1. The lowest BCUT2D eigenvalue weighted by molar-refractivity contribution is -0.124. The fraction of sp³-hybridized carbons (Fsp3) is 0.471. The van der Waals surface area contributed by atoms with Crippen molar-refractivity contribution in [2.45, 2.75) is 45.7 Å². The molecule has 1 aromatic carbocycles. The second-order valence-corrected chi connectivity index (χ2v) is 6.57. The largest absolute Gasteiger partial charge is 0.359 e. The van der Waals surface area contributed by atoms with Crippen molar-refractivity contribution in [1.82, 2.24) is 16.0 Å². The molecule has 7 heteroatoms. The first-order chi connectivity index (χ1) is 11.1. The van der Waals surface area contributed by atoms with Crippen LogP contribution in [-0.4, -0.2) is 36.5 Å². The Morgan fingerprint density at radius 3 is 2.33 bits per heavy atom. The molecule has 132 valence electrons. The first kappa shape index (κ1) is 19.5. The van der Waals surface area contributed by atoms with Crippen molar-refractivity contribution in [1.29, 1.82) is 0 Å². The summed E-state index contributed by atoms with van der Waals surface area (Å²) in [6, 6.07) is 5.84. The van der Waals surface area contributed by atoms with Crippen LogP contribution in [0.15, 0.2) is 24.3 Å². The van der Waals surface area contributed by atoms with E-state index < -0.39 is 12.1 Å². The Labute approximate surface area is 142 Å². The monoisotopic (exact) mass is 334 g/mol. The molecular formula is C17H26N4O3. The molecular weight excluding hydrogens is 308 g/mol. The van der Waals surface area contributed by atoms with Gasteiger partial charge in [0.05, 0.1) is 6.42 Å². The van der Waals surface area contributed by atoms with Crippen LogP contribution in [-0.2, 0) is 16.0 Å². The Morgan fingerprint density at radius 2 is 1.75 bits per heavy atom. The molecule has 0 spiro atoms. The van der Waals surface area contributed by atoms with E-state index in [1.807, 2.05) is 20.8 Å². The molecule has 0 aliphatic rings. The van der Waals surface area contributed by atoms with E-state index in [0.29, 0.717) is 11.3 Å². The Kier molecular flexibility index (Phi) is 6.76. The van der Waals surface area contributed by atoms with Gasteiger partial charge in [-0.2, -0.15) is 0 Å². The Balaban J connectivity index is 2.68. The average molecular weight is 334 g/mol. The van der Waals surface area contributed by atoms with Gasteiger partial charge >= 0.3 is 6.03 Å². The normalized spacial score (nSPS) is 12.0. The van der Waals surface area contributed by atoms with Crippen molar-refractivity contribution in [2.24, 2.45) is 0 Å². The summed E-state index contributed by atoms with van der Waals surface area (Å²) in [7, 11) is 1.56. The van der Waals surface area contributed by atoms with Gasteiger partial charge in [0.25, 0.3) is 0 Å². The van der Waals surface area contributed by atoms with Gasteiger partial charge in [-0.3, -0.25) is 9.59 Å². The van der Waals surface area contributed by atoms with E-state index in [1.54, 1.807) is 38.2 Å². The molecule has 24 heavy (non-hydrogen) atoms. The van der Waals surface area contributed by atoms with Gasteiger partial charge in [0.2, 0.25) is 11.8 Å². The second kappa shape index (κ2) is 8.33. The van der Waals surface area contributed by atoms with Crippen molar-refractivity contribution in [3.8, 4) is 0 Å². The number of carbonyl (C=O) groups excluding carboxylic acids is 3. The fourth-order valence-electron chi connectivity index (χ4n) is 1.96. The lowest BCUT2D eigenvalue weighted by Crippen LogP contribution is -2.51. The number of nitrogens with one attached hydrogen (secondary N) is 4. The van der Waals surface area contributed by atoms with Gasteiger partial charge in [-0.05, 0) is 39.3 Å². The summed E-state index contributed by atoms with van der Waals surface area (Å²) in [5.74, 6) is -0.418. The van der Waals surface area contributed by atoms with E-state index in [1.165, 1.54) is 0 Å². The molecule has 0 aromatic heterocycles. The van der Waals surface area contributed by atoms with Gasteiger partial charge in [-0.15, -0.1) is 0 Å². The van der Waals surface area contributed by atoms with Crippen LogP contribution >= 0.6 is 0 Å². The van der Waals surface area contributed by atoms with Crippen LogP contribution in [0.2, 0.25) is 0 Å². The lowest BCUT2D eigenvalue weighted by Gasteiger charge is -2.23. The standard InChI is InChI=1S/C17H26N4O3/c1-11(15(23)21-17(2,3)4)19-16(24)20-13-9-7-6-8-12(13)10-14(22)18-5/h6-9,11H,10H2,1-5H3,(H,18,22)(H,21,23)(H2,19,20,24)/t11-/m0/s1. The first-order valence-corrected chi connectivity index (χ1v) is 7.80. The lowest BCUT2D eigenvalue weighted by atomic mass is 10.1. The molecule has 4 N–H and O–H groups in total. The number of rotatable bonds is 5. The quantitative estimate of drug-likeness (QED) is 0.655. The number of anilines is 1. The summed E-state index contributed by atoms with van der Waals surface area (Å²) < 4.78 is 0. The van der Waals surface area contributed by atoms with E-state index >= 15 is 0 Å². The molecule has 0 saturated carbocycles. The highest BCUT2D eigenvalue weighted by Gasteiger charge is 2.21. The minimum Gasteiger partial charge on any atom is -0.359 e. The van der Waals surface area contributed by atoms with E-state index in [4.69, 9.17) is 0 Å². The molecule has 0 bridgehead atoms. The van der Waals surface area contributed by atoms with Crippen LogP contribution < -0.4 is 21.3 Å². The van der Waals surface area contributed by atoms with Crippen molar-refractivity contribution < 1.29 is 14.4 Å². The van der Waals surface area contributed by atoms with Gasteiger partial charge in [-0.1, -0.05) is 18.2 Å². The molecule has 0 saturated heterocycles. The minimum absolute atomic E-state index is 0.150. The maximum Gasteiger partial charge on any atom is 0.319 e. The second-order valence-electron chi connectivity index (χ2n) is 6.57. The first-order valence-electron chi connectivity index (χ1n) is 7.80. The molecule has 0 aliphatic heterocycles. The SMILES string of the molecule is CNC(=O)Cc1ccccc1NC(=O)N[C@@H](C)C(=O)NC(C)(C)C. The zero-order valence-electron chi connectivity index (χ0n) is 14.8. The molecule has 1 atom stereocenters. The molecule has 0 radical (unpaired) electrons. The number of para-hydroxylation sites is 1. The third kappa shape index (κ3) is 6.68. The third-order valence-corrected chi connectivity index (χ3v) is 3.13. The smallest absolute Gasteiger partial charge is 0.319 e. The molecule has 1 aromatic rings. The molecule has 0 heterocycles. The predicted molar refractivity (Wildman–Crippen MR) is 93.7 cm³/mol. The van der Waals surface area contributed by atoms with Crippen LogP contribution in [0, 0.1) is 0 Å². The zero-order chi connectivity index (χ0) is 18.3. The van der Waals surface area contributed by atoms with Gasteiger partial charge < -0.3 is 21.3 Å². The number of amides is 4. The van der Waals surface area contributed by atoms with Crippen molar-refractivity contribution in [3.63, 3.8) is 0 Å². The van der Waals surface area contributed by atoms with Crippen molar-refractivity contribution in [3.05, 3.63) is 29.8 Å². The predicted octanol–water partition coefficient (Wildman–Crippen LogP) is 1.40. The fourth-order valence-corrected chi connectivity index (χ4v) is 1.96. The van der Waals surface area contributed by atoms with Crippen LogP contribution in [0.3, 0.4) is 0 Å². The topological polar surface area (TPSA) is 99.3 Å². The molecule has 4 amide bonds. The third-order valence-electron chi connectivity index (χ3n) is 3.13. The molecule has 1 rings (SSSR count). The Morgan fingerprint density at radius 1 is 1.12 bits per heavy atom. The van der Waals surface area contributed by atoms with Crippen LogP contribution in [0.5, 0.6) is 0 Å². The number of hydrogen-bond acceptors (Lipinski definition) is 3. The summed E-state index contributed by atoms with van der Waals surface area (Å²) in [6.45, 7) is 7.21. The summed E-state index contributed by atoms with van der Waals surface area (Å²) >= 11 is 0. The minimum atomic E-state index is -0.685. The Hall–Kier alpha value is -2.57. The molecule has 7 nitrogen and oxygen atoms in total. The summed E-state index contributed by atoms with van der Waals surface area (Å²) in [6.07, 6.45) is 0.160. The zero-order valence-corrected chi connectivity index (χ0v) is 14.8. The average Bonchev–Trinajstić information content (AvgIpc) is 2.47. The number of carbonyl (C=O) groups is 3. The van der Waals surface area contributed by atoms with E-state index in [-0.39, 0.29) is 23.8 Å². The van der Waals surface area contributed by atoms with Crippen LogP contribution in [0.1, 0.15) is 33.3 Å². The molecule has 0 aliphatic carbocycles. The van der Waals surface area contributed by atoms with E-state index in [9.17, 15) is 14.4 Å². The number of likely N-dealkylation sites (N-methyl/N-ethyl adjacent to an activating group) is 1. The molecule has 0 unspecified atom stereocenters. The maximum atomic E-state index is 12.1. The van der Waals surface area contributed by atoms with E-state index in [2.05, 4.69) is 21.3 Å². The van der Waals surface area contributed by atoms with Crippen molar-refractivity contribution >= 4 is 23.5 Å². The highest BCUT2D eigenvalue weighted by molar-refractivity contribution is 5.94. The van der Waals surface area contributed by atoms with Crippen LogP contribution in [0.25, 0.3) is 0 Å². The number of urea groups is 1.